The number of methoxy groups -OCH3 is 1. The summed E-state index contributed by atoms with van der Waals surface area (Å²) in [5.74, 6) is 0.727. The number of likely N-dealkylation sites (tertiary alicyclic amines) is 1. The van der Waals surface area contributed by atoms with Crippen LogP contribution < -0.4 is 25.3 Å². The van der Waals surface area contributed by atoms with Gasteiger partial charge in [-0.2, -0.15) is 0 Å². The van der Waals surface area contributed by atoms with Gasteiger partial charge in [-0.05, 0) is 51.6 Å². The fraction of sp³-hybridized carbons (Fsp3) is 0.441. The largest absolute Gasteiger partial charge is 0.494 e. The minimum atomic E-state index is -0.473. The minimum Gasteiger partial charge on any atom is -0.494 e. The number of rotatable bonds is 10. The summed E-state index contributed by atoms with van der Waals surface area (Å²) in [6.45, 7) is 8.01. The second kappa shape index (κ2) is 14.4. The highest BCUT2D eigenvalue weighted by atomic mass is 35.5. The Bertz CT molecular complexity index is 1600. The Balaban J connectivity index is 1.22. The van der Waals surface area contributed by atoms with Gasteiger partial charge in [0.25, 0.3) is 0 Å². The minimum absolute atomic E-state index is 0.0587. The molecule has 13 heteroatoms. The summed E-state index contributed by atoms with van der Waals surface area (Å²) in [7, 11) is 5.93. The predicted molar refractivity (Wildman–Crippen MR) is 183 cm³/mol. The standard InChI is InChI=1S/C34H42ClFN8O3/c1-5-33(45)40-26-17-27(30(46-4)18-29(26)42-13-9-22(10-14-42)43-15-11-23(20-43)41(2)3)39-31-19-32(38-21-37-31)44-28(12-16-47-44)24-7-6-8-25(35)34(24)36/h5-8,17-19,21-23,28H,1,9-16,20H2,2-4H3,(H,40,45)(H,37,38,39)/t23-,28-/m1/s1. The van der Waals surface area contributed by atoms with E-state index >= 15 is 0 Å². The summed E-state index contributed by atoms with van der Waals surface area (Å²) in [5.41, 5.74) is 2.56. The fourth-order valence-corrected chi connectivity index (χ4v) is 6.99. The van der Waals surface area contributed by atoms with E-state index in [1.54, 1.807) is 30.4 Å². The fourth-order valence-electron chi connectivity index (χ4n) is 6.80. The number of likely N-dealkylation sites (N-methyl/N-ethyl adjacent to an activating group) is 1. The van der Waals surface area contributed by atoms with Crippen molar-refractivity contribution in [1.29, 1.82) is 0 Å². The first kappa shape index (κ1) is 33.0. The molecule has 0 unspecified atom stereocenters. The third-order valence-electron chi connectivity index (χ3n) is 9.39. The second-order valence-electron chi connectivity index (χ2n) is 12.4. The molecule has 0 saturated carbocycles. The Morgan fingerprint density at radius 2 is 1.94 bits per heavy atom. The Morgan fingerprint density at radius 1 is 1.13 bits per heavy atom. The molecule has 0 bridgehead atoms. The van der Waals surface area contributed by atoms with E-state index < -0.39 is 11.9 Å². The highest BCUT2D eigenvalue weighted by Crippen LogP contribution is 2.41. The van der Waals surface area contributed by atoms with E-state index in [1.165, 1.54) is 24.9 Å². The molecule has 1 amide bonds. The maximum Gasteiger partial charge on any atom is 0.247 e. The van der Waals surface area contributed by atoms with Gasteiger partial charge in [-0.15, -0.1) is 0 Å². The average molecular weight is 665 g/mol. The molecule has 4 heterocycles. The number of piperidine rings is 1. The van der Waals surface area contributed by atoms with Crippen molar-refractivity contribution in [3.63, 3.8) is 0 Å². The first-order valence-corrected chi connectivity index (χ1v) is 16.4. The van der Waals surface area contributed by atoms with Gasteiger partial charge in [-0.1, -0.05) is 30.3 Å². The Hall–Kier alpha value is -3.97. The highest BCUT2D eigenvalue weighted by molar-refractivity contribution is 6.30. The first-order valence-electron chi connectivity index (χ1n) is 16.0. The summed E-state index contributed by atoms with van der Waals surface area (Å²) >= 11 is 6.07. The third-order valence-corrected chi connectivity index (χ3v) is 9.69. The van der Waals surface area contributed by atoms with Crippen molar-refractivity contribution in [2.75, 3.05) is 74.6 Å². The molecule has 3 fully saturated rings. The van der Waals surface area contributed by atoms with Crippen LogP contribution in [-0.4, -0.2) is 91.7 Å². The second-order valence-corrected chi connectivity index (χ2v) is 12.8. The Morgan fingerprint density at radius 3 is 2.66 bits per heavy atom. The van der Waals surface area contributed by atoms with Gasteiger partial charge >= 0.3 is 0 Å². The maximum absolute atomic E-state index is 14.9. The molecule has 11 nitrogen and oxygen atoms in total. The first-order chi connectivity index (χ1) is 22.7. The molecule has 3 aliphatic heterocycles. The molecular weight excluding hydrogens is 623 g/mol. The SMILES string of the molecule is C=CC(=O)Nc1cc(Nc2cc(N3OCC[C@@H]3c3cccc(Cl)c3F)ncn2)c(OC)cc1N1CCC(N2CC[C@@H](N(C)C)C2)CC1. The van der Waals surface area contributed by atoms with Crippen molar-refractivity contribution < 1.29 is 18.8 Å². The molecule has 0 radical (unpaired) electrons. The molecule has 6 rings (SSSR count). The van der Waals surface area contributed by atoms with Gasteiger partial charge in [0.1, 0.15) is 23.7 Å². The molecule has 2 aromatic carbocycles. The molecule has 0 spiro atoms. The number of benzene rings is 2. The van der Waals surface area contributed by atoms with Crippen LogP contribution in [0.5, 0.6) is 5.75 Å². The van der Waals surface area contributed by atoms with E-state index in [0.717, 1.165) is 44.7 Å². The molecule has 2 N–H and O–H groups in total. The summed E-state index contributed by atoms with van der Waals surface area (Å²) < 4.78 is 20.8. The van der Waals surface area contributed by atoms with Gasteiger partial charge < -0.3 is 25.2 Å². The van der Waals surface area contributed by atoms with Gasteiger partial charge in [-0.3, -0.25) is 14.5 Å². The van der Waals surface area contributed by atoms with E-state index in [1.807, 2.05) is 12.1 Å². The van der Waals surface area contributed by atoms with Crippen LogP contribution in [0.1, 0.15) is 37.3 Å². The summed E-state index contributed by atoms with van der Waals surface area (Å²) in [5, 5.41) is 7.96. The van der Waals surface area contributed by atoms with Gasteiger partial charge in [0.2, 0.25) is 5.91 Å². The van der Waals surface area contributed by atoms with E-state index in [9.17, 15) is 9.18 Å². The quantitative estimate of drug-likeness (QED) is 0.265. The van der Waals surface area contributed by atoms with E-state index in [0.29, 0.717) is 59.4 Å². The molecule has 250 valence electrons. The van der Waals surface area contributed by atoms with Crippen molar-refractivity contribution in [2.45, 2.75) is 43.8 Å². The van der Waals surface area contributed by atoms with Crippen LogP contribution in [0.2, 0.25) is 5.02 Å². The lowest BCUT2D eigenvalue weighted by atomic mass is 10.0. The molecule has 47 heavy (non-hydrogen) atoms. The Labute approximate surface area is 280 Å². The number of carbonyl (C=O) groups is 1. The van der Waals surface area contributed by atoms with Crippen molar-refractivity contribution in [2.24, 2.45) is 0 Å². The van der Waals surface area contributed by atoms with Gasteiger partial charge in [0, 0.05) is 62.4 Å². The van der Waals surface area contributed by atoms with E-state index in [-0.39, 0.29) is 10.9 Å². The topological polar surface area (TPSA) is 98.3 Å². The number of anilines is 5. The van der Waals surface area contributed by atoms with Crippen LogP contribution >= 0.6 is 11.6 Å². The molecule has 2 atom stereocenters. The van der Waals surface area contributed by atoms with Crippen molar-refractivity contribution in [3.05, 3.63) is 71.8 Å². The lowest BCUT2D eigenvalue weighted by molar-refractivity contribution is -0.111. The highest BCUT2D eigenvalue weighted by Gasteiger charge is 2.33. The maximum atomic E-state index is 14.9. The van der Waals surface area contributed by atoms with Crippen molar-refractivity contribution in [3.8, 4) is 5.75 Å². The lowest BCUT2D eigenvalue weighted by Gasteiger charge is -2.39. The number of nitrogens with zero attached hydrogens (tertiary/aromatic N) is 6. The van der Waals surface area contributed by atoms with Gasteiger partial charge in [-0.25, -0.2) is 19.4 Å². The van der Waals surface area contributed by atoms with Crippen LogP contribution in [0, 0.1) is 5.82 Å². The number of amides is 1. The monoisotopic (exact) mass is 664 g/mol. The number of nitrogens with one attached hydrogen (secondary N) is 2. The van der Waals surface area contributed by atoms with Crippen LogP contribution in [0.15, 0.2) is 55.4 Å². The number of aromatic nitrogens is 2. The molecule has 3 saturated heterocycles. The molecule has 3 aromatic rings. The number of ether oxygens (including phenoxy) is 1. The van der Waals surface area contributed by atoms with Crippen molar-refractivity contribution >= 4 is 46.2 Å². The Kier molecular flexibility index (Phi) is 10.1. The third kappa shape index (κ3) is 7.15. The number of hydroxylamine groups is 1. The van der Waals surface area contributed by atoms with Crippen LogP contribution in [0.3, 0.4) is 0 Å². The summed E-state index contributed by atoms with van der Waals surface area (Å²) in [6, 6.07) is 11.2. The molecule has 1 aromatic heterocycles. The smallest absolute Gasteiger partial charge is 0.247 e. The summed E-state index contributed by atoms with van der Waals surface area (Å²) in [4.78, 5) is 34.5. The molecule has 3 aliphatic rings. The van der Waals surface area contributed by atoms with Crippen LogP contribution in [0.4, 0.5) is 33.1 Å². The zero-order chi connectivity index (χ0) is 33.1. The normalized spacial score (nSPS) is 20.6. The number of carbonyl (C=O) groups excluding carboxylic acids is 1. The van der Waals surface area contributed by atoms with Crippen LogP contribution in [-0.2, 0) is 9.63 Å². The number of halogens is 2. The number of hydrogen-bond acceptors (Lipinski definition) is 10. The van der Waals surface area contributed by atoms with Gasteiger partial charge in [0.05, 0.1) is 41.8 Å². The zero-order valence-electron chi connectivity index (χ0n) is 27.1. The molecular formula is C34H42ClFN8O3. The van der Waals surface area contributed by atoms with Gasteiger partial charge in [0.15, 0.2) is 5.82 Å². The van der Waals surface area contributed by atoms with E-state index in [4.69, 9.17) is 21.2 Å². The number of hydrogen-bond donors (Lipinski definition) is 2. The van der Waals surface area contributed by atoms with Crippen molar-refractivity contribution in [1.82, 2.24) is 19.8 Å². The van der Waals surface area contributed by atoms with E-state index in [2.05, 4.69) is 56.0 Å². The lowest BCUT2D eigenvalue weighted by Crippen LogP contribution is -2.45. The predicted octanol–water partition coefficient (Wildman–Crippen LogP) is 5.63. The van der Waals surface area contributed by atoms with Crippen LogP contribution in [0.25, 0.3) is 0 Å². The summed E-state index contributed by atoms with van der Waals surface area (Å²) in [6.07, 6.45) is 6.53. The molecule has 0 aliphatic carbocycles. The zero-order valence-corrected chi connectivity index (χ0v) is 27.8. The average Bonchev–Trinajstić information content (AvgIpc) is 3.78.